The molecule has 11 nitrogen and oxygen atoms in total. The molecule has 54 heavy (non-hydrogen) atoms. The first-order valence-electron chi connectivity index (χ1n) is 18.2. The van der Waals surface area contributed by atoms with Crippen LogP contribution in [-0.2, 0) is 35.9 Å². The number of ether oxygens (including phenoxy) is 6. The van der Waals surface area contributed by atoms with Gasteiger partial charge in [-0.05, 0) is 67.1 Å². The van der Waals surface area contributed by atoms with E-state index >= 15 is 0 Å². The van der Waals surface area contributed by atoms with E-state index in [1.54, 1.807) is 35.4 Å². The quantitative estimate of drug-likeness (QED) is 0.0737. The first kappa shape index (κ1) is 41.5. The van der Waals surface area contributed by atoms with Gasteiger partial charge in [0.1, 0.15) is 53.5 Å². The van der Waals surface area contributed by atoms with Gasteiger partial charge in [0, 0.05) is 63.8 Å². The molecule has 11 heteroatoms. The predicted octanol–water partition coefficient (Wildman–Crippen LogP) is 6.85. The highest BCUT2D eigenvalue weighted by molar-refractivity contribution is 5.75. The van der Waals surface area contributed by atoms with E-state index in [1.807, 2.05) is 24.3 Å². The lowest BCUT2D eigenvalue weighted by Crippen LogP contribution is -2.30. The Morgan fingerprint density at radius 2 is 1.02 bits per heavy atom. The molecule has 0 atom stereocenters. The number of amides is 1. The second-order valence-corrected chi connectivity index (χ2v) is 13.0. The van der Waals surface area contributed by atoms with Crippen LogP contribution >= 0.6 is 0 Å². The van der Waals surface area contributed by atoms with Crippen molar-refractivity contribution < 1.29 is 38.0 Å². The van der Waals surface area contributed by atoms with E-state index in [0.717, 1.165) is 57.5 Å². The maximum Gasteiger partial charge on any atom is 0.216 e. The molecule has 0 aliphatic carbocycles. The van der Waals surface area contributed by atoms with Crippen LogP contribution in [0.25, 0.3) is 11.1 Å². The fourth-order valence-corrected chi connectivity index (χ4v) is 6.24. The van der Waals surface area contributed by atoms with Gasteiger partial charge in [-0.3, -0.25) is 4.79 Å². The van der Waals surface area contributed by atoms with Crippen molar-refractivity contribution in [2.75, 3.05) is 48.1 Å². The van der Waals surface area contributed by atoms with Crippen LogP contribution in [0.5, 0.6) is 34.5 Å². The number of rotatable bonds is 22. The number of hydrogen-bond acceptors (Lipinski definition) is 10. The Balaban J connectivity index is 1.46. The van der Waals surface area contributed by atoms with Crippen molar-refractivity contribution in [1.82, 2.24) is 16.0 Å². The van der Waals surface area contributed by atoms with Gasteiger partial charge in [0.25, 0.3) is 0 Å². The van der Waals surface area contributed by atoms with Crippen molar-refractivity contribution in [2.24, 2.45) is 0 Å². The zero-order valence-electron chi connectivity index (χ0n) is 32.9. The van der Waals surface area contributed by atoms with E-state index in [4.69, 9.17) is 28.4 Å². The van der Waals surface area contributed by atoms with E-state index in [1.165, 1.54) is 6.92 Å². The summed E-state index contributed by atoms with van der Waals surface area (Å²) in [7, 11) is 6.52. The van der Waals surface area contributed by atoms with Crippen LogP contribution in [0.15, 0.2) is 60.7 Å². The summed E-state index contributed by atoms with van der Waals surface area (Å²) in [5.74, 6) is 4.04. The van der Waals surface area contributed by atoms with Crippen LogP contribution < -0.4 is 44.4 Å². The lowest BCUT2D eigenvalue weighted by atomic mass is 9.92. The molecule has 0 unspecified atom stereocenters. The first-order valence-corrected chi connectivity index (χ1v) is 18.2. The molecule has 0 aliphatic rings. The monoisotopic (exact) mass is 741 g/mol. The van der Waals surface area contributed by atoms with Crippen LogP contribution in [-0.4, -0.2) is 59.8 Å². The van der Waals surface area contributed by atoms with Gasteiger partial charge in [0.05, 0.1) is 39.6 Å². The van der Waals surface area contributed by atoms with E-state index in [0.29, 0.717) is 80.3 Å². The highest BCUT2D eigenvalue weighted by Crippen LogP contribution is 2.37. The number of methoxy groups -OCH3 is 4. The van der Waals surface area contributed by atoms with Crippen LogP contribution in [0.2, 0.25) is 0 Å². The second kappa shape index (κ2) is 20.8. The topological polar surface area (TPSA) is 126 Å². The summed E-state index contributed by atoms with van der Waals surface area (Å²) in [6, 6.07) is 20.0. The number of ketones is 1. The van der Waals surface area contributed by atoms with Gasteiger partial charge < -0.3 is 49.2 Å². The SMILES string of the molecule is COc1cc(OCc2cccc(-c3cccc(COc4cc(OC)c(CNCCNC(C)=O)c(OC)c4)c3C)c2C)cc(OC)c1CNCCCC(C)=O. The molecular weight excluding hydrogens is 686 g/mol. The highest BCUT2D eigenvalue weighted by Gasteiger charge is 2.17. The molecule has 0 aromatic heterocycles. The average Bonchev–Trinajstić information content (AvgIpc) is 3.16. The zero-order valence-corrected chi connectivity index (χ0v) is 32.9. The minimum atomic E-state index is -0.0615. The van der Waals surface area contributed by atoms with Gasteiger partial charge in [-0.2, -0.15) is 0 Å². The minimum Gasteiger partial charge on any atom is -0.496 e. The molecule has 290 valence electrons. The lowest BCUT2D eigenvalue weighted by Gasteiger charge is -2.19. The zero-order chi connectivity index (χ0) is 39.0. The van der Waals surface area contributed by atoms with Crippen LogP contribution in [0.4, 0.5) is 0 Å². The number of carbonyl (C=O) groups excluding carboxylic acids is 2. The Morgan fingerprint density at radius 3 is 1.41 bits per heavy atom. The number of benzene rings is 4. The van der Waals surface area contributed by atoms with Gasteiger partial charge in [-0.15, -0.1) is 0 Å². The van der Waals surface area contributed by atoms with Crippen molar-refractivity contribution >= 4 is 11.7 Å². The number of nitrogens with one attached hydrogen (secondary N) is 3. The summed E-state index contributed by atoms with van der Waals surface area (Å²) in [6.07, 6.45) is 1.33. The maximum atomic E-state index is 11.3. The van der Waals surface area contributed by atoms with Crippen molar-refractivity contribution in [2.45, 2.75) is 66.8 Å². The smallest absolute Gasteiger partial charge is 0.216 e. The Kier molecular flexibility index (Phi) is 16.0. The van der Waals surface area contributed by atoms with Crippen molar-refractivity contribution in [3.63, 3.8) is 0 Å². The highest BCUT2D eigenvalue weighted by atomic mass is 16.5. The molecular formula is C43H55N3O8. The van der Waals surface area contributed by atoms with Crippen molar-refractivity contribution in [3.8, 4) is 45.6 Å². The van der Waals surface area contributed by atoms with Crippen LogP contribution in [0.3, 0.4) is 0 Å². The Morgan fingerprint density at radius 1 is 0.593 bits per heavy atom. The minimum absolute atomic E-state index is 0.0615. The third-order valence-electron chi connectivity index (χ3n) is 9.30. The molecule has 4 rings (SSSR count). The van der Waals surface area contributed by atoms with E-state index in [9.17, 15) is 9.59 Å². The Labute approximate surface area is 319 Å². The molecule has 1 amide bonds. The van der Waals surface area contributed by atoms with Crippen molar-refractivity contribution in [3.05, 3.63) is 94.0 Å². The molecule has 0 aliphatic heterocycles. The maximum absolute atomic E-state index is 11.3. The number of hydrogen-bond donors (Lipinski definition) is 3. The third kappa shape index (κ3) is 11.4. The molecule has 3 N–H and O–H groups in total. The fourth-order valence-electron chi connectivity index (χ4n) is 6.24. The van der Waals surface area contributed by atoms with E-state index in [2.05, 4.69) is 66.2 Å². The summed E-state index contributed by atoms with van der Waals surface area (Å²) in [5.41, 5.74) is 8.37. The molecule has 0 saturated heterocycles. The van der Waals surface area contributed by atoms with Crippen LogP contribution in [0, 0.1) is 13.8 Å². The van der Waals surface area contributed by atoms with Gasteiger partial charge >= 0.3 is 0 Å². The first-order chi connectivity index (χ1) is 26.1. The van der Waals surface area contributed by atoms with Gasteiger partial charge in [0.15, 0.2) is 0 Å². The summed E-state index contributed by atoms with van der Waals surface area (Å²) in [4.78, 5) is 22.4. The molecule has 4 aromatic carbocycles. The number of carbonyl (C=O) groups is 2. The fraction of sp³-hybridized carbons (Fsp3) is 0.395. The largest absolute Gasteiger partial charge is 0.496 e. The summed E-state index contributed by atoms with van der Waals surface area (Å²) < 4.78 is 35.5. The normalized spacial score (nSPS) is 10.8. The Hall–Kier alpha value is -5.26. The number of Topliss-reactive ketones (excluding diaryl/α,β-unsaturated/α-hetero) is 1. The Bertz CT molecular complexity index is 1690. The molecule has 0 heterocycles. The van der Waals surface area contributed by atoms with E-state index in [-0.39, 0.29) is 11.7 Å². The molecule has 4 aromatic rings. The molecule has 0 spiro atoms. The molecule has 0 bridgehead atoms. The van der Waals surface area contributed by atoms with Crippen molar-refractivity contribution in [1.29, 1.82) is 0 Å². The molecule has 0 fully saturated rings. The van der Waals surface area contributed by atoms with Crippen LogP contribution in [0.1, 0.15) is 60.1 Å². The summed E-state index contributed by atoms with van der Waals surface area (Å²) in [5, 5.41) is 9.48. The summed E-state index contributed by atoms with van der Waals surface area (Å²) in [6.45, 7) is 11.0. The summed E-state index contributed by atoms with van der Waals surface area (Å²) >= 11 is 0. The molecule has 0 radical (unpaired) electrons. The third-order valence-corrected chi connectivity index (χ3v) is 9.30. The lowest BCUT2D eigenvalue weighted by molar-refractivity contribution is -0.119. The predicted molar refractivity (Wildman–Crippen MR) is 211 cm³/mol. The average molecular weight is 742 g/mol. The van der Waals surface area contributed by atoms with Gasteiger partial charge in [-0.25, -0.2) is 0 Å². The van der Waals surface area contributed by atoms with Gasteiger partial charge in [0.2, 0.25) is 5.91 Å². The van der Waals surface area contributed by atoms with Gasteiger partial charge in [-0.1, -0.05) is 36.4 Å². The second-order valence-electron chi connectivity index (χ2n) is 13.0. The molecule has 0 saturated carbocycles. The van der Waals surface area contributed by atoms with E-state index < -0.39 is 0 Å². The standard InChI is InChI=1S/C43H55N3O8/c1-28(47)12-11-17-44-24-38-40(49-5)20-34(21-41(38)50-6)53-26-32-13-9-15-36(29(32)2)37-16-10-14-33(30(37)3)27-54-35-22-42(51-7)39(43(23-35)52-8)25-45-18-19-46-31(4)48/h9-10,13-16,20-23,44-45H,11-12,17-19,24-27H2,1-8H3,(H,46,48).